The number of carboxylic acid groups (broad SMARTS) is 1. The van der Waals surface area contributed by atoms with Crippen molar-refractivity contribution in [2.45, 2.75) is 12.7 Å². The zero-order chi connectivity index (χ0) is 20.6. The number of nitrogens with two attached hydrogens (primary N) is 2. The molecule has 0 fully saturated rings. The second kappa shape index (κ2) is 6.75. The minimum absolute atomic E-state index is 0.0331. The first kappa shape index (κ1) is 19.0. The summed E-state index contributed by atoms with van der Waals surface area (Å²) in [6.07, 6.45) is 1.27. The van der Waals surface area contributed by atoms with Gasteiger partial charge in [0.1, 0.15) is 17.0 Å². The van der Waals surface area contributed by atoms with Crippen molar-refractivity contribution < 1.29 is 15.0 Å². The SMILES string of the molecule is CNc1nc2ncc(C(N)(N)Nc3ccc(C(=O)O)c(O)c3C)nc2c(=O)[nH]1. The minimum Gasteiger partial charge on any atom is -0.507 e. The third-order valence-corrected chi connectivity index (χ3v) is 4.08. The molecule has 0 amide bonds. The summed E-state index contributed by atoms with van der Waals surface area (Å²) in [5.41, 5.74) is 12.0. The van der Waals surface area contributed by atoms with Crippen LogP contribution in [-0.4, -0.2) is 43.2 Å². The summed E-state index contributed by atoms with van der Waals surface area (Å²) < 4.78 is 0. The molecular weight excluding hydrogens is 368 g/mol. The van der Waals surface area contributed by atoms with E-state index in [4.69, 9.17) is 16.6 Å². The van der Waals surface area contributed by atoms with E-state index in [0.29, 0.717) is 0 Å². The van der Waals surface area contributed by atoms with Gasteiger partial charge in [0.15, 0.2) is 17.0 Å². The molecule has 0 aliphatic carbocycles. The molecule has 0 saturated heterocycles. The molecule has 0 radical (unpaired) electrons. The van der Waals surface area contributed by atoms with Gasteiger partial charge in [0.05, 0.1) is 6.20 Å². The number of nitrogens with zero attached hydrogens (tertiary/aromatic N) is 3. The summed E-state index contributed by atoms with van der Waals surface area (Å²) in [6.45, 7) is 1.50. The number of carboxylic acids is 1. The molecule has 3 rings (SSSR count). The highest BCUT2D eigenvalue weighted by molar-refractivity contribution is 5.92. The first-order valence-electron chi connectivity index (χ1n) is 8.01. The molecule has 2 aromatic heterocycles. The zero-order valence-corrected chi connectivity index (χ0v) is 14.9. The number of nitrogens with one attached hydrogen (secondary N) is 3. The number of anilines is 2. The van der Waals surface area contributed by atoms with Crippen molar-refractivity contribution in [1.82, 2.24) is 19.9 Å². The molecular formula is C16H18N8O4. The van der Waals surface area contributed by atoms with Gasteiger partial charge >= 0.3 is 5.97 Å². The molecule has 0 unspecified atom stereocenters. The second-order valence-corrected chi connectivity index (χ2v) is 6.03. The highest BCUT2D eigenvalue weighted by Crippen LogP contribution is 2.30. The standard InChI is InChI=1S/C16H18N8O4/c1-6-8(4-3-7(11(6)25)14(27)28)24-16(17,18)9-5-20-12-10(21-9)13(26)23-15(19-2)22-12/h3-5,24-25H,17-18H2,1-2H3,(H,27,28)(H2,19,20,22,23,26). The van der Waals surface area contributed by atoms with Crippen LogP contribution in [0.25, 0.3) is 11.2 Å². The van der Waals surface area contributed by atoms with Gasteiger partial charge in [0.2, 0.25) is 5.95 Å². The quantitative estimate of drug-likeness (QED) is 0.281. The van der Waals surface area contributed by atoms with Crippen molar-refractivity contribution in [2.24, 2.45) is 11.5 Å². The van der Waals surface area contributed by atoms with Crippen LogP contribution in [0.4, 0.5) is 11.6 Å². The normalized spacial score (nSPS) is 11.4. The number of fused-ring (bicyclic) bond motifs is 1. The van der Waals surface area contributed by atoms with E-state index in [2.05, 4.69) is 30.6 Å². The molecule has 0 spiro atoms. The maximum atomic E-state index is 12.2. The van der Waals surface area contributed by atoms with Crippen LogP contribution in [0.3, 0.4) is 0 Å². The third kappa shape index (κ3) is 3.28. The Bertz CT molecular complexity index is 1140. The van der Waals surface area contributed by atoms with Crippen molar-refractivity contribution in [2.75, 3.05) is 17.7 Å². The van der Waals surface area contributed by atoms with Crippen molar-refractivity contribution in [3.8, 4) is 5.75 Å². The van der Waals surface area contributed by atoms with Gasteiger partial charge in [0, 0.05) is 18.3 Å². The van der Waals surface area contributed by atoms with E-state index in [-0.39, 0.29) is 39.6 Å². The van der Waals surface area contributed by atoms with Gasteiger partial charge in [-0.05, 0) is 19.1 Å². The van der Waals surface area contributed by atoms with Crippen molar-refractivity contribution in [3.05, 3.63) is 45.5 Å². The highest BCUT2D eigenvalue weighted by atomic mass is 16.4. The van der Waals surface area contributed by atoms with Gasteiger partial charge in [-0.15, -0.1) is 0 Å². The lowest BCUT2D eigenvalue weighted by Gasteiger charge is -2.27. The van der Waals surface area contributed by atoms with E-state index in [9.17, 15) is 14.7 Å². The number of aromatic nitrogens is 4. The van der Waals surface area contributed by atoms with E-state index < -0.39 is 23.1 Å². The number of rotatable bonds is 5. The molecule has 12 heteroatoms. The van der Waals surface area contributed by atoms with E-state index in [1.807, 2.05) is 0 Å². The average molecular weight is 386 g/mol. The number of H-pyrrole nitrogens is 1. The number of hydrogen-bond donors (Lipinski definition) is 7. The fraction of sp³-hybridized carbons (Fsp3) is 0.188. The number of hydrogen-bond acceptors (Lipinski definition) is 10. The fourth-order valence-electron chi connectivity index (χ4n) is 2.53. The molecule has 0 aliphatic rings. The van der Waals surface area contributed by atoms with E-state index >= 15 is 0 Å². The lowest BCUT2D eigenvalue weighted by molar-refractivity contribution is 0.0693. The molecule has 12 nitrogen and oxygen atoms in total. The lowest BCUT2D eigenvalue weighted by Crippen LogP contribution is -2.54. The van der Waals surface area contributed by atoms with Crippen LogP contribution in [-0.2, 0) is 5.79 Å². The minimum atomic E-state index is -1.78. The predicted octanol–water partition coefficient (Wildman–Crippen LogP) is -0.393. The smallest absolute Gasteiger partial charge is 0.339 e. The summed E-state index contributed by atoms with van der Waals surface area (Å²) in [6, 6.07) is 2.62. The van der Waals surface area contributed by atoms with E-state index in [0.717, 1.165) is 0 Å². The van der Waals surface area contributed by atoms with Gasteiger partial charge in [-0.3, -0.25) is 21.2 Å². The molecule has 2 heterocycles. The summed E-state index contributed by atoms with van der Waals surface area (Å²) >= 11 is 0. The Morgan fingerprint density at radius 2 is 2.00 bits per heavy atom. The van der Waals surface area contributed by atoms with Crippen molar-refractivity contribution >= 4 is 28.8 Å². The maximum absolute atomic E-state index is 12.2. The van der Waals surface area contributed by atoms with Crippen LogP contribution in [0.15, 0.2) is 23.1 Å². The average Bonchev–Trinajstić information content (AvgIpc) is 2.64. The Hall–Kier alpha value is -3.77. The number of aromatic hydroxyl groups is 1. The number of phenols is 1. The summed E-state index contributed by atoms with van der Waals surface area (Å²) in [7, 11) is 1.59. The van der Waals surface area contributed by atoms with Crippen LogP contribution in [0.5, 0.6) is 5.75 Å². The fourth-order valence-corrected chi connectivity index (χ4v) is 2.53. The van der Waals surface area contributed by atoms with Crippen LogP contribution in [0, 0.1) is 6.92 Å². The van der Waals surface area contributed by atoms with E-state index in [1.54, 1.807) is 7.05 Å². The van der Waals surface area contributed by atoms with Crippen molar-refractivity contribution in [3.63, 3.8) is 0 Å². The molecule has 1 aromatic carbocycles. The predicted molar refractivity (Wildman–Crippen MR) is 101 cm³/mol. The van der Waals surface area contributed by atoms with Crippen LogP contribution < -0.4 is 27.7 Å². The molecule has 146 valence electrons. The Morgan fingerprint density at radius 1 is 1.29 bits per heavy atom. The molecule has 28 heavy (non-hydrogen) atoms. The number of benzene rings is 1. The number of carbonyl (C=O) groups is 1. The molecule has 0 bridgehead atoms. The summed E-state index contributed by atoms with van der Waals surface area (Å²) in [4.78, 5) is 38.1. The van der Waals surface area contributed by atoms with Gasteiger partial charge in [0.25, 0.3) is 5.56 Å². The number of aromatic amines is 1. The third-order valence-electron chi connectivity index (χ3n) is 4.08. The first-order chi connectivity index (χ1) is 13.1. The molecule has 9 N–H and O–H groups in total. The molecule has 3 aromatic rings. The lowest BCUT2D eigenvalue weighted by atomic mass is 10.1. The molecule has 0 aliphatic heterocycles. The van der Waals surface area contributed by atoms with Gasteiger partial charge in [-0.25, -0.2) is 14.8 Å². The Labute approximate surface area is 157 Å². The Morgan fingerprint density at radius 3 is 2.64 bits per heavy atom. The Balaban J connectivity index is 2.01. The first-order valence-corrected chi connectivity index (χ1v) is 8.01. The maximum Gasteiger partial charge on any atom is 0.339 e. The molecule has 0 atom stereocenters. The van der Waals surface area contributed by atoms with Gasteiger partial charge in [-0.1, -0.05) is 0 Å². The van der Waals surface area contributed by atoms with Crippen LogP contribution in [0.1, 0.15) is 21.6 Å². The summed E-state index contributed by atoms with van der Waals surface area (Å²) in [5, 5.41) is 24.6. The number of aromatic carboxylic acids is 1. The summed E-state index contributed by atoms with van der Waals surface area (Å²) in [5.74, 6) is -3.24. The Kier molecular flexibility index (Phi) is 4.58. The van der Waals surface area contributed by atoms with Crippen LogP contribution >= 0.6 is 0 Å². The highest BCUT2D eigenvalue weighted by Gasteiger charge is 2.27. The monoisotopic (exact) mass is 386 g/mol. The van der Waals surface area contributed by atoms with Gasteiger partial charge in [-0.2, -0.15) is 4.98 Å². The van der Waals surface area contributed by atoms with E-state index in [1.165, 1.54) is 25.3 Å². The largest absolute Gasteiger partial charge is 0.507 e. The van der Waals surface area contributed by atoms with Crippen molar-refractivity contribution in [1.29, 1.82) is 0 Å². The second-order valence-electron chi connectivity index (χ2n) is 6.03. The van der Waals surface area contributed by atoms with Gasteiger partial charge < -0.3 is 20.8 Å². The van der Waals surface area contributed by atoms with Crippen LogP contribution in [0.2, 0.25) is 0 Å². The molecule has 0 saturated carbocycles. The zero-order valence-electron chi connectivity index (χ0n) is 14.9. The topological polar surface area (TPSA) is 205 Å².